The first-order chi connectivity index (χ1) is 10.4. The fourth-order valence-corrected chi connectivity index (χ4v) is 1.86. The van der Waals surface area contributed by atoms with Gasteiger partial charge in [-0.3, -0.25) is 0 Å². The van der Waals surface area contributed by atoms with Crippen molar-refractivity contribution < 1.29 is 14.6 Å². The number of amides is 2. The van der Waals surface area contributed by atoms with Gasteiger partial charge in [-0.1, -0.05) is 32.9 Å². The SMILES string of the molecule is CC(C)(C)c1ccc(OCCCNC(=O)NCCCO)cc1. The number of aliphatic hydroxyl groups excluding tert-OH is 1. The van der Waals surface area contributed by atoms with Crippen LogP contribution in [-0.2, 0) is 5.41 Å². The Kier molecular flexibility index (Phi) is 7.74. The molecule has 0 saturated heterocycles. The van der Waals surface area contributed by atoms with Gasteiger partial charge < -0.3 is 20.5 Å². The summed E-state index contributed by atoms with van der Waals surface area (Å²) >= 11 is 0. The van der Waals surface area contributed by atoms with Gasteiger partial charge in [-0.05, 0) is 36.0 Å². The smallest absolute Gasteiger partial charge is 0.314 e. The number of rotatable bonds is 8. The molecule has 0 aliphatic carbocycles. The summed E-state index contributed by atoms with van der Waals surface area (Å²) in [6.07, 6.45) is 1.32. The van der Waals surface area contributed by atoms with Crippen LogP contribution in [0.5, 0.6) is 5.75 Å². The molecule has 0 spiro atoms. The van der Waals surface area contributed by atoms with Crippen LogP contribution in [0.15, 0.2) is 24.3 Å². The van der Waals surface area contributed by atoms with Crippen LogP contribution in [-0.4, -0.2) is 37.4 Å². The van der Waals surface area contributed by atoms with E-state index in [9.17, 15) is 4.79 Å². The Morgan fingerprint density at radius 1 is 1.09 bits per heavy atom. The highest BCUT2D eigenvalue weighted by molar-refractivity contribution is 5.73. The number of ether oxygens (including phenoxy) is 1. The standard InChI is InChI=1S/C17H28N2O3/c1-17(2,3)14-6-8-15(9-7-14)22-13-5-11-19-16(21)18-10-4-12-20/h6-9,20H,4-5,10-13H2,1-3H3,(H2,18,19,21). The number of carbonyl (C=O) groups excluding carboxylic acids is 1. The molecule has 0 fully saturated rings. The summed E-state index contributed by atoms with van der Waals surface area (Å²) in [6.45, 7) is 8.23. The van der Waals surface area contributed by atoms with Crippen molar-refractivity contribution in [2.75, 3.05) is 26.3 Å². The Bertz CT molecular complexity index is 438. The summed E-state index contributed by atoms with van der Waals surface area (Å²) in [7, 11) is 0. The molecule has 0 atom stereocenters. The Morgan fingerprint density at radius 3 is 2.23 bits per heavy atom. The Morgan fingerprint density at radius 2 is 1.68 bits per heavy atom. The predicted octanol–water partition coefficient (Wildman–Crippen LogP) is 2.43. The van der Waals surface area contributed by atoms with E-state index >= 15 is 0 Å². The number of hydrogen-bond acceptors (Lipinski definition) is 3. The summed E-state index contributed by atoms with van der Waals surface area (Å²) in [5.74, 6) is 0.848. The van der Waals surface area contributed by atoms with Crippen LogP contribution < -0.4 is 15.4 Å². The predicted molar refractivity (Wildman–Crippen MR) is 88.4 cm³/mol. The first-order valence-electron chi connectivity index (χ1n) is 7.79. The first kappa shape index (κ1) is 18.3. The van der Waals surface area contributed by atoms with Crippen molar-refractivity contribution in [2.24, 2.45) is 0 Å². The highest BCUT2D eigenvalue weighted by Gasteiger charge is 2.12. The van der Waals surface area contributed by atoms with Gasteiger partial charge >= 0.3 is 6.03 Å². The van der Waals surface area contributed by atoms with Gasteiger partial charge in [0.05, 0.1) is 6.61 Å². The van der Waals surface area contributed by atoms with Gasteiger partial charge in [0.2, 0.25) is 0 Å². The van der Waals surface area contributed by atoms with Crippen LogP contribution >= 0.6 is 0 Å². The van der Waals surface area contributed by atoms with Gasteiger partial charge in [0.25, 0.3) is 0 Å². The third kappa shape index (κ3) is 7.31. The van der Waals surface area contributed by atoms with E-state index in [2.05, 4.69) is 43.5 Å². The van der Waals surface area contributed by atoms with E-state index in [1.54, 1.807) is 0 Å². The van der Waals surface area contributed by atoms with Crippen molar-refractivity contribution in [1.29, 1.82) is 0 Å². The minimum absolute atomic E-state index is 0.0854. The third-order valence-electron chi connectivity index (χ3n) is 3.22. The Labute approximate surface area is 133 Å². The van der Waals surface area contributed by atoms with Gasteiger partial charge in [-0.25, -0.2) is 4.79 Å². The highest BCUT2D eigenvalue weighted by atomic mass is 16.5. The van der Waals surface area contributed by atoms with Crippen molar-refractivity contribution in [3.05, 3.63) is 29.8 Å². The van der Waals surface area contributed by atoms with E-state index in [1.807, 2.05) is 12.1 Å². The molecule has 0 aliphatic rings. The molecule has 5 heteroatoms. The molecule has 3 N–H and O–H groups in total. The van der Waals surface area contributed by atoms with Crippen LogP contribution in [0.1, 0.15) is 39.2 Å². The van der Waals surface area contributed by atoms with Gasteiger partial charge in [-0.15, -0.1) is 0 Å². The zero-order valence-corrected chi connectivity index (χ0v) is 13.8. The molecule has 1 rings (SSSR count). The van der Waals surface area contributed by atoms with E-state index in [0.29, 0.717) is 26.1 Å². The lowest BCUT2D eigenvalue weighted by Gasteiger charge is -2.19. The molecule has 1 aromatic carbocycles. The number of carbonyl (C=O) groups is 1. The second-order valence-electron chi connectivity index (χ2n) is 6.24. The second-order valence-corrected chi connectivity index (χ2v) is 6.24. The number of benzene rings is 1. The van der Waals surface area contributed by atoms with Crippen molar-refractivity contribution in [1.82, 2.24) is 10.6 Å². The quantitative estimate of drug-likeness (QED) is 0.646. The van der Waals surface area contributed by atoms with Crippen LogP contribution in [0, 0.1) is 0 Å². The van der Waals surface area contributed by atoms with E-state index in [-0.39, 0.29) is 18.1 Å². The van der Waals surface area contributed by atoms with Gasteiger partial charge in [0.15, 0.2) is 0 Å². The molecular formula is C17H28N2O3. The number of urea groups is 1. The molecule has 5 nitrogen and oxygen atoms in total. The van der Waals surface area contributed by atoms with E-state index in [0.717, 1.165) is 12.2 Å². The zero-order chi connectivity index (χ0) is 16.4. The molecule has 0 heterocycles. The van der Waals surface area contributed by atoms with Crippen molar-refractivity contribution >= 4 is 6.03 Å². The maximum absolute atomic E-state index is 11.3. The lowest BCUT2D eigenvalue weighted by Crippen LogP contribution is -2.37. The lowest BCUT2D eigenvalue weighted by atomic mass is 9.87. The van der Waals surface area contributed by atoms with Gasteiger partial charge in [0.1, 0.15) is 5.75 Å². The molecule has 0 unspecified atom stereocenters. The normalized spacial score (nSPS) is 11.1. The van der Waals surface area contributed by atoms with Crippen LogP contribution in [0.4, 0.5) is 4.79 Å². The second kappa shape index (κ2) is 9.30. The molecule has 0 bridgehead atoms. The van der Waals surface area contributed by atoms with Gasteiger partial charge in [-0.2, -0.15) is 0 Å². The molecule has 22 heavy (non-hydrogen) atoms. The third-order valence-corrected chi connectivity index (χ3v) is 3.22. The van der Waals surface area contributed by atoms with Gasteiger partial charge in [0, 0.05) is 19.7 Å². The summed E-state index contributed by atoms with van der Waals surface area (Å²) < 4.78 is 5.65. The van der Waals surface area contributed by atoms with E-state index < -0.39 is 0 Å². The number of aliphatic hydroxyl groups is 1. The van der Waals surface area contributed by atoms with Crippen molar-refractivity contribution in [3.63, 3.8) is 0 Å². The molecule has 2 amide bonds. The number of hydrogen-bond donors (Lipinski definition) is 3. The van der Waals surface area contributed by atoms with Crippen molar-refractivity contribution in [3.8, 4) is 5.75 Å². The fraction of sp³-hybridized carbons (Fsp3) is 0.588. The fourth-order valence-electron chi connectivity index (χ4n) is 1.86. The Hall–Kier alpha value is -1.75. The zero-order valence-electron chi connectivity index (χ0n) is 13.8. The first-order valence-corrected chi connectivity index (χ1v) is 7.79. The molecule has 124 valence electrons. The molecule has 0 aliphatic heterocycles. The summed E-state index contributed by atoms with van der Waals surface area (Å²) in [4.78, 5) is 11.3. The molecule has 1 aromatic rings. The summed E-state index contributed by atoms with van der Waals surface area (Å²) in [5, 5.41) is 14.0. The van der Waals surface area contributed by atoms with E-state index in [1.165, 1.54) is 5.56 Å². The Balaban J connectivity index is 2.16. The van der Waals surface area contributed by atoms with Crippen LogP contribution in [0.3, 0.4) is 0 Å². The highest BCUT2D eigenvalue weighted by Crippen LogP contribution is 2.24. The topological polar surface area (TPSA) is 70.6 Å². The minimum Gasteiger partial charge on any atom is -0.494 e. The summed E-state index contributed by atoms with van der Waals surface area (Å²) in [5.41, 5.74) is 1.42. The van der Waals surface area contributed by atoms with Crippen LogP contribution in [0.25, 0.3) is 0 Å². The maximum Gasteiger partial charge on any atom is 0.314 e. The van der Waals surface area contributed by atoms with Crippen LogP contribution in [0.2, 0.25) is 0 Å². The summed E-state index contributed by atoms with van der Waals surface area (Å²) in [6, 6.07) is 7.93. The molecule has 0 aromatic heterocycles. The molecule has 0 saturated carbocycles. The average Bonchev–Trinajstić information content (AvgIpc) is 2.47. The number of nitrogens with one attached hydrogen (secondary N) is 2. The van der Waals surface area contributed by atoms with E-state index in [4.69, 9.17) is 9.84 Å². The average molecular weight is 308 g/mol. The monoisotopic (exact) mass is 308 g/mol. The molecule has 0 radical (unpaired) electrons. The van der Waals surface area contributed by atoms with Crippen molar-refractivity contribution in [2.45, 2.75) is 39.0 Å². The lowest BCUT2D eigenvalue weighted by molar-refractivity contribution is 0.236. The largest absolute Gasteiger partial charge is 0.494 e. The minimum atomic E-state index is -0.206. The maximum atomic E-state index is 11.3. The molecular weight excluding hydrogens is 280 g/mol.